The van der Waals surface area contributed by atoms with Crippen LogP contribution in [0.25, 0.3) is 11.1 Å². The van der Waals surface area contributed by atoms with Crippen LogP contribution in [0, 0.1) is 11.8 Å². The van der Waals surface area contributed by atoms with E-state index in [2.05, 4.69) is 29.3 Å². The maximum atomic E-state index is 12.1. The molecule has 0 radical (unpaired) electrons. The molecule has 144 valence electrons. The van der Waals surface area contributed by atoms with Crippen molar-refractivity contribution in [3.8, 4) is 11.1 Å². The number of carbonyl (C=O) groups excluding carboxylic acids is 1. The molecule has 0 heterocycles. The Morgan fingerprint density at radius 2 is 1.54 bits per heavy atom. The van der Waals surface area contributed by atoms with Crippen LogP contribution in [-0.4, -0.2) is 30.0 Å². The summed E-state index contributed by atoms with van der Waals surface area (Å²) >= 11 is 0. The number of benzene rings is 2. The predicted octanol–water partition coefficient (Wildman–Crippen LogP) is 4.90. The molecule has 2 aliphatic carbocycles. The number of nitrogens with zero attached hydrogens (tertiary/aromatic N) is 1. The van der Waals surface area contributed by atoms with Gasteiger partial charge in [-0.3, -0.25) is 4.79 Å². The van der Waals surface area contributed by atoms with Crippen LogP contribution in [-0.2, 0) is 9.53 Å². The van der Waals surface area contributed by atoms with Gasteiger partial charge in [0.15, 0.2) is 0 Å². The van der Waals surface area contributed by atoms with Crippen molar-refractivity contribution in [3.63, 3.8) is 0 Å². The fourth-order valence-corrected chi connectivity index (χ4v) is 4.31. The molecule has 4 rings (SSSR count). The van der Waals surface area contributed by atoms with E-state index in [1.807, 2.05) is 24.3 Å². The third-order valence-corrected chi connectivity index (χ3v) is 5.85. The largest absolute Gasteiger partial charge is 0.481 e. The number of fused-ring (bicyclic) bond motifs is 3. The van der Waals surface area contributed by atoms with Gasteiger partial charge in [-0.25, -0.2) is 4.79 Å². The number of carbonyl (C=O) groups is 2. The Labute approximate surface area is 164 Å². The lowest BCUT2D eigenvalue weighted by Crippen LogP contribution is -2.22. The molecular weight excluding hydrogens is 354 g/mol. The first kappa shape index (κ1) is 18.4. The van der Waals surface area contributed by atoms with Gasteiger partial charge >= 0.3 is 12.1 Å². The topological polar surface area (TPSA) is 76.0 Å². The zero-order valence-corrected chi connectivity index (χ0v) is 15.6. The summed E-state index contributed by atoms with van der Waals surface area (Å²) in [5.41, 5.74) is 4.73. The zero-order chi connectivity index (χ0) is 19.5. The zero-order valence-electron chi connectivity index (χ0n) is 15.6. The van der Waals surface area contributed by atoms with Crippen LogP contribution in [0.1, 0.15) is 42.7 Å². The van der Waals surface area contributed by atoms with Gasteiger partial charge in [0.2, 0.25) is 0 Å². The Bertz CT molecular complexity index is 867. The minimum atomic E-state index is -0.730. The van der Waals surface area contributed by atoms with Gasteiger partial charge in [-0.15, -0.1) is 0 Å². The normalized spacial score (nSPS) is 21.3. The smallest absolute Gasteiger partial charge is 0.433 e. The lowest BCUT2D eigenvalue weighted by Gasteiger charge is -2.22. The predicted molar refractivity (Wildman–Crippen MR) is 107 cm³/mol. The van der Waals surface area contributed by atoms with E-state index in [0.29, 0.717) is 12.8 Å². The number of ether oxygens (including phenoxy) is 1. The van der Waals surface area contributed by atoms with E-state index in [4.69, 9.17) is 9.84 Å². The molecule has 0 saturated heterocycles. The van der Waals surface area contributed by atoms with E-state index in [1.165, 1.54) is 22.3 Å². The van der Waals surface area contributed by atoms with Crippen molar-refractivity contribution >= 4 is 18.3 Å². The molecule has 1 amide bonds. The number of rotatable bonds is 4. The minimum Gasteiger partial charge on any atom is -0.481 e. The number of aliphatic imine (C=N–C) groups is 1. The highest BCUT2D eigenvalue weighted by atomic mass is 16.5. The summed E-state index contributed by atoms with van der Waals surface area (Å²) in [5.74, 6) is -0.820. The van der Waals surface area contributed by atoms with Crippen molar-refractivity contribution in [2.24, 2.45) is 16.8 Å². The second kappa shape index (κ2) is 7.97. The van der Waals surface area contributed by atoms with Crippen LogP contribution < -0.4 is 0 Å². The Morgan fingerprint density at radius 3 is 2.11 bits per heavy atom. The fourth-order valence-electron chi connectivity index (χ4n) is 4.31. The molecule has 2 aliphatic rings. The summed E-state index contributed by atoms with van der Waals surface area (Å²) in [5, 5.41) is 9.05. The molecule has 28 heavy (non-hydrogen) atoms. The first-order valence-corrected chi connectivity index (χ1v) is 9.75. The van der Waals surface area contributed by atoms with E-state index in [0.717, 1.165) is 12.8 Å². The molecular formula is C23H23NO4. The third kappa shape index (κ3) is 3.70. The Morgan fingerprint density at radius 1 is 0.964 bits per heavy atom. The number of carboxylic acids is 1. The summed E-state index contributed by atoms with van der Waals surface area (Å²) in [6.07, 6.45) is 3.82. The van der Waals surface area contributed by atoms with Crippen LogP contribution in [0.4, 0.5) is 4.79 Å². The van der Waals surface area contributed by atoms with Crippen molar-refractivity contribution in [3.05, 3.63) is 59.7 Å². The van der Waals surface area contributed by atoms with E-state index in [9.17, 15) is 9.59 Å². The van der Waals surface area contributed by atoms with Crippen molar-refractivity contribution in [1.82, 2.24) is 0 Å². The van der Waals surface area contributed by atoms with Crippen LogP contribution in [0.15, 0.2) is 53.5 Å². The van der Waals surface area contributed by atoms with Gasteiger partial charge in [0.1, 0.15) is 6.61 Å². The Kier molecular flexibility index (Phi) is 5.24. The molecule has 2 aromatic carbocycles. The fraction of sp³-hybridized carbons (Fsp3) is 0.348. The second-order valence-electron chi connectivity index (χ2n) is 7.53. The van der Waals surface area contributed by atoms with Crippen LogP contribution in [0.5, 0.6) is 0 Å². The number of amides is 1. The van der Waals surface area contributed by atoms with Crippen molar-refractivity contribution in [1.29, 1.82) is 0 Å². The SMILES string of the molecule is O=C(N=CC1CCC(C(=O)O)CC1)OCC1c2ccccc2-c2ccccc21. The quantitative estimate of drug-likeness (QED) is 0.769. The number of hydrogen-bond acceptors (Lipinski definition) is 3. The van der Waals surface area contributed by atoms with Gasteiger partial charge in [0.25, 0.3) is 0 Å². The van der Waals surface area contributed by atoms with E-state index < -0.39 is 12.1 Å². The van der Waals surface area contributed by atoms with E-state index in [-0.39, 0.29) is 24.4 Å². The molecule has 2 aromatic rings. The highest BCUT2D eigenvalue weighted by Gasteiger charge is 2.29. The van der Waals surface area contributed by atoms with Gasteiger partial charge in [0.05, 0.1) is 5.92 Å². The summed E-state index contributed by atoms with van der Waals surface area (Å²) in [6, 6.07) is 16.4. The van der Waals surface area contributed by atoms with Crippen LogP contribution in [0.2, 0.25) is 0 Å². The molecule has 1 saturated carbocycles. The van der Waals surface area contributed by atoms with Crippen molar-refractivity contribution < 1.29 is 19.4 Å². The molecule has 1 fully saturated rings. The Balaban J connectivity index is 1.36. The first-order valence-electron chi connectivity index (χ1n) is 9.75. The van der Waals surface area contributed by atoms with E-state index >= 15 is 0 Å². The molecule has 0 atom stereocenters. The third-order valence-electron chi connectivity index (χ3n) is 5.85. The lowest BCUT2D eigenvalue weighted by molar-refractivity contribution is -0.142. The van der Waals surface area contributed by atoms with Gasteiger partial charge < -0.3 is 9.84 Å². The second-order valence-corrected chi connectivity index (χ2v) is 7.53. The average molecular weight is 377 g/mol. The van der Waals surface area contributed by atoms with Gasteiger partial charge in [0, 0.05) is 12.1 Å². The maximum Gasteiger partial charge on any atom is 0.433 e. The molecule has 0 aliphatic heterocycles. The van der Waals surface area contributed by atoms with Gasteiger partial charge in [-0.2, -0.15) is 4.99 Å². The van der Waals surface area contributed by atoms with E-state index in [1.54, 1.807) is 6.21 Å². The highest BCUT2D eigenvalue weighted by molar-refractivity contribution is 5.81. The minimum absolute atomic E-state index is 0.0255. The summed E-state index contributed by atoms with van der Waals surface area (Å²) in [6.45, 7) is 0.260. The van der Waals surface area contributed by atoms with Crippen molar-refractivity contribution in [2.75, 3.05) is 6.61 Å². The molecule has 0 bridgehead atoms. The molecule has 5 heteroatoms. The van der Waals surface area contributed by atoms with Gasteiger partial charge in [-0.05, 0) is 53.9 Å². The molecule has 5 nitrogen and oxygen atoms in total. The van der Waals surface area contributed by atoms with Crippen molar-refractivity contribution in [2.45, 2.75) is 31.6 Å². The number of hydrogen-bond donors (Lipinski definition) is 1. The number of aliphatic carboxylic acids is 1. The van der Waals surface area contributed by atoms with Crippen LogP contribution in [0.3, 0.4) is 0 Å². The first-order chi connectivity index (χ1) is 13.6. The molecule has 0 spiro atoms. The summed E-state index contributed by atoms with van der Waals surface area (Å²) in [4.78, 5) is 27.1. The maximum absolute atomic E-state index is 12.1. The molecule has 0 unspecified atom stereocenters. The van der Waals surface area contributed by atoms with Gasteiger partial charge in [-0.1, -0.05) is 48.5 Å². The summed E-state index contributed by atoms with van der Waals surface area (Å²) in [7, 11) is 0. The Hall–Kier alpha value is -2.95. The highest BCUT2D eigenvalue weighted by Crippen LogP contribution is 2.44. The lowest BCUT2D eigenvalue weighted by atomic mass is 9.83. The van der Waals surface area contributed by atoms with Crippen LogP contribution >= 0.6 is 0 Å². The average Bonchev–Trinajstić information content (AvgIpc) is 3.05. The monoisotopic (exact) mass is 377 g/mol. The standard InChI is InChI=1S/C23H23NO4/c25-22(26)16-11-9-15(10-12-16)13-24-23(27)28-14-21-19-7-3-1-5-17(19)18-6-2-4-8-20(18)21/h1-8,13,15-16,21H,9-12,14H2,(H,25,26). The molecule has 0 aromatic heterocycles. The molecule has 1 N–H and O–H groups in total. The number of carboxylic acid groups (broad SMARTS) is 1. The summed E-state index contributed by atoms with van der Waals surface area (Å²) < 4.78 is 5.46.